The number of hydrogen-bond acceptors (Lipinski definition) is 12. The number of ether oxygens (including phenoxy) is 2. The number of rotatable bonds is 8. The number of aromatic nitrogens is 6. The molecule has 4 aromatic rings. The van der Waals surface area contributed by atoms with Crippen molar-refractivity contribution < 1.29 is 27.8 Å². The maximum Gasteiger partial charge on any atom is 0.254 e. The number of nitrogens with zero attached hydrogens (tertiary/aromatic N) is 8. The summed E-state index contributed by atoms with van der Waals surface area (Å²) in [7, 11) is 0. The van der Waals surface area contributed by atoms with Crippen molar-refractivity contribution in [2.75, 3.05) is 23.8 Å². The fourth-order valence-electron chi connectivity index (χ4n) is 5.76. The van der Waals surface area contributed by atoms with Gasteiger partial charge in [0, 0.05) is 54.9 Å². The Morgan fingerprint density at radius 1 is 0.880 bits per heavy atom. The van der Waals surface area contributed by atoms with E-state index < -0.39 is 23.7 Å². The average Bonchev–Trinajstić information content (AvgIpc) is 3.69. The molecule has 2 saturated heterocycles. The van der Waals surface area contributed by atoms with Gasteiger partial charge >= 0.3 is 0 Å². The molecule has 260 valence electrons. The third-order valence-electron chi connectivity index (χ3n) is 8.25. The Morgan fingerprint density at radius 3 is 1.94 bits per heavy atom. The van der Waals surface area contributed by atoms with Crippen LogP contribution in [0.15, 0.2) is 49.1 Å². The Bertz CT molecular complexity index is 1920. The molecule has 0 aromatic carbocycles. The largest absolute Gasteiger partial charge is 0.376 e. The minimum atomic E-state index is -0.679. The van der Waals surface area contributed by atoms with Crippen LogP contribution in [0.25, 0.3) is 0 Å². The van der Waals surface area contributed by atoms with Gasteiger partial charge in [-0.3, -0.25) is 19.0 Å². The van der Waals surface area contributed by atoms with Crippen molar-refractivity contribution in [1.29, 1.82) is 10.5 Å². The first kappa shape index (κ1) is 35.3. The van der Waals surface area contributed by atoms with Crippen LogP contribution in [0.2, 0.25) is 0 Å². The summed E-state index contributed by atoms with van der Waals surface area (Å²) >= 11 is 0. The topological polar surface area (TPSA) is 238 Å². The Balaban J connectivity index is 0.000000194. The number of halogens is 2. The highest BCUT2D eigenvalue weighted by atomic mass is 19.1. The summed E-state index contributed by atoms with van der Waals surface area (Å²) in [6, 6.07) is 9.28. The van der Waals surface area contributed by atoms with Gasteiger partial charge < -0.3 is 31.6 Å². The zero-order valence-corrected chi connectivity index (χ0v) is 27.0. The molecule has 6 heterocycles. The minimum Gasteiger partial charge on any atom is -0.376 e. The van der Waals surface area contributed by atoms with Crippen LogP contribution in [-0.2, 0) is 9.47 Å². The van der Waals surface area contributed by atoms with Gasteiger partial charge in [-0.25, -0.2) is 9.97 Å². The number of nitriles is 2. The van der Waals surface area contributed by atoms with Gasteiger partial charge in [0.2, 0.25) is 11.9 Å². The average molecular weight is 689 g/mol. The number of carbonyl (C=O) groups is 2. The number of nitrogens with two attached hydrogens (primary N) is 2. The van der Waals surface area contributed by atoms with Crippen LogP contribution >= 0.6 is 0 Å². The van der Waals surface area contributed by atoms with E-state index in [0.717, 1.165) is 0 Å². The van der Waals surface area contributed by atoms with E-state index in [4.69, 9.17) is 20.9 Å². The Hall–Kier alpha value is -5.98. The predicted molar refractivity (Wildman–Crippen MR) is 173 cm³/mol. The first-order valence-electron chi connectivity index (χ1n) is 15.5. The predicted octanol–water partition coefficient (Wildman–Crippen LogP) is 3.50. The number of nitrogens with one attached hydrogen (secondary N) is 2. The molecule has 6 N–H and O–H groups in total. The van der Waals surface area contributed by atoms with Gasteiger partial charge in [-0.05, 0) is 38.8 Å². The standard InChI is InChI=1S/2C16H17FN6O2/c1-9-14(10(7-18)3-5-25-9)23-8-12(15(19)24)16(22-23)21-11-2-4-20-13(17)6-11;1-9-4-10(6-18)13(8-25-9)23-7-12(15(19)24)16(22-23)21-11-2-3-20-14(17)5-11/h2,4,6,8-10,14H,3,5H2,1H3,(H2,19,24)(H,20,21,22);2-3,5,7,9-10,13H,4,8H2,1H3,(H2,19,24)(H,20,21,22)/t9-,10+,14?;9-,10-,13?/m11/s1. The molecule has 2 unspecified atom stereocenters. The highest BCUT2D eigenvalue weighted by Crippen LogP contribution is 2.33. The molecule has 6 rings (SSSR count). The molecule has 2 aliphatic rings. The lowest BCUT2D eigenvalue weighted by atomic mass is 9.92. The number of primary amides is 2. The van der Waals surface area contributed by atoms with E-state index in [9.17, 15) is 28.9 Å². The highest BCUT2D eigenvalue weighted by molar-refractivity contribution is 5.98. The van der Waals surface area contributed by atoms with E-state index >= 15 is 0 Å². The summed E-state index contributed by atoms with van der Waals surface area (Å²) in [5, 5.41) is 33.2. The molecule has 6 atom stereocenters. The number of anilines is 4. The first-order chi connectivity index (χ1) is 24.0. The third kappa shape index (κ3) is 8.17. The van der Waals surface area contributed by atoms with Crippen molar-refractivity contribution in [2.24, 2.45) is 23.3 Å². The Labute approximate surface area is 285 Å². The summed E-state index contributed by atoms with van der Waals surface area (Å²) in [4.78, 5) is 30.4. The summed E-state index contributed by atoms with van der Waals surface area (Å²) in [5.74, 6) is -2.90. The first-order valence-corrected chi connectivity index (χ1v) is 15.5. The fourth-order valence-corrected chi connectivity index (χ4v) is 5.76. The van der Waals surface area contributed by atoms with Gasteiger partial charge in [-0.1, -0.05) is 0 Å². The zero-order valence-electron chi connectivity index (χ0n) is 27.0. The van der Waals surface area contributed by atoms with Crippen LogP contribution in [0, 0.1) is 46.4 Å². The van der Waals surface area contributed by atoms with Crippen molar-refractivity contribution in [3.63, 3.8) is 0 Å². The normalized spacial score (nSPS) is 23.0. The highest BCUT2D eigenvalue weighted by Gasteiger charge is 2.35. The third-order valence-corrected chi connectivity index (χ3v) is 8.25. The van der Waals surface area contributed by atoms with Crippen molar-refractivity contribution in [3.8, 4) is 12.1 Å². The lowest BCUT2D eigenvalue weighted by molar-refractivity contribution is -0.0304. The molecular weight excluding hydrogens is 654 g/mol. The van der Waals surface area contributed by atoms with Crippen LogP contribution in [0.4, 0.5) is 31.8 Å². The second-order valence-electron chi connectivity index (χ2n) is 11.7. The number of hydrogen-bond donors (Lipinski definition) is 4. The molecule has 2 aliphatic heterocycles. The van der Waals surface area contributed by atoms with Crippen molar-refractivity contribution in [2.45, 2.75) is 51.0 Å². The molecule has 18 heteroatoms. The second-order valence-corrected chi connectivity index (χ2v) is 11.7. The molecule has 2 amide bonds. The van der Waals surface area contributed by atoms with E-state index in [1.54, 1.807) is 0 Å². The number of pyridine rings is 2. The molecule has 0 spiro atoms. The Kier molecular flexibility index (Phi) is 10.9. The van der Waals surface area contributed by atoms with Crippen LogP contribution < -0.4 is 22.1 Å². The van der Waals surface area contributed by atoms with Crippen molar-refractivity contribution >= 4 is 34.8 Å². The molecular formula is C32H34F2N12O4. The molecule has 4 aromatic heterocycles. The summed E-state index contributed by atoms with van der Waals surface area (Å²) in [5.41, 5.74) is 11.9. The number of amides is 2. The quantitative estimate of drug-likeness (QED) is 0.195. The van der Waals surface area contributed by atoms with Crippen LogP contribution in [0.1, 0.15) is 59.5 Å². The monoisotopic (exact) mass is 688 g/mol. The lowest BCUT2D eigenvalue weighted by Gasteiger charge is -2.32. The summed E-state index contributed by atoms with van der Waals surface area (Å²) < 4.78 is 40.8. The van der Waals surface area contributed by atoms with E-state index in [-0.39, 0.29) is 58.9 Å². The summed E-state index contributed by atoms with van der Waals surface area (Å²) in [6.45, 7) is 4.57. The van der Waals surface area contributed by atoms with E-state index in [2.05, 4.69) is 42.9 Å². The van der Waals surface area contributed by atoms with E-state index in [0.29, 0.717) is 37.4 Å². The number of carbonyl (C=O) groups excluding carboxylic acids is 2. The van der Waals surface area contributed by atoms with Gasteiger partial charge in [-0.2, -0.15) is 29.5 Å². The van der Waals surface area contributed by atoms with Crippen LogP contribution in [0.3, 0.4) is 0 Å². The van der Waals surface area contributed by atoms with Crippen molar-refractivity contribution in [3.05, 3.63) is 72.1 Å². The molecule has 16 nitrogen and oxygen atoms in total. The maximum atomic E-state index is 13.3. The van der Waals surface area contributed by atoms with Crippen LogP contribution in [-0.4, -0.2) is 66.8 Å². The van der Waals surface area contributed by atoms with Gasteiger partial charge in [-0.15, -0.1) is 0 Å². The lowest BCUT2D eigenvalue weighted by Crippen LogP contribution is -2.36. The maximum absolute atomic E-state index is 13.3. The SMILES string of the molecule is C[C@@H]1C[C@H](C#N)C(n2cc(C(N)=O)c(Nc3ccnc(F)c3)n2)CO1.C[C@H]1OCC[C@@H](C#N)C1n1cc(C(N)=O)c(Nc2ccnc(F)c2)n1. The van der Waals surface area contributed by atoms with Gasteiger partial charge in [0.1, 0.15) is 11.1 Å². The van der Waals surface area contributed by atoms with E-state index in [1.165, 1.54) is 58.4 Å². The molecule has 50 heavy (non-hydrogen) atoms. The zero-order chi connectivity index (χ0) is 35.9. The van der Waals surface area contributed by atoms with Crippen LogP contribution in [0.5, 0.6) is 0 Å². The second kappa shape index (κ2) is 15.5. The molecule has 2 fully saturated rings. The Morgan fingerprint density at radius 2 is 1.42 bits per heavy atom. The minimum absolute atomic E-state index is 0.00976. The van der Waals surface area contributed by atoms with Gasteiger partial charge in [0.25, 0.3) is 11.8 Å². The summed E-state index contributed by atoms with van der Waals surface area (Å²) in [6.07, 6.45) is 6.46. The fraction of sp³-hybridized carbons (Fsp3) is 0.375. The van der Waals surface area contributed by atoms with E-state index in [1.807, 2.05) is 13.8 Å². The van der Waals surface area contributed by atoms with Gasteiger partial charge in [0.05, 0.1) is 54.9 Å². The van der Waals surface area contributed by atoms with Crippen molar-refractivity contribution in [1.82, 2.24) is 29.5 Å². The molecule has 0 saturated carbocycles. The molecule has 0 aliphatic carbocycles. The smallest absolute Gasteiger partial charge is 0.254 e. The molecule has 0 radical (unpaired) electrons. The van der Waals surface area contributed by atoms with Gasteiger partial charge in [0.15, 0.2) is 11.6 Å². The molecule has 0 bridgehead atoms.